The van der Waals surface area contributed by atoms with Gasteiger partial charge in [-0.3, -0.25) is 9.40 Å². The van der Waals surface area contributed by atoms with Crippen molar-refractivity contribution in [1.82, 2.24) is 14.9 Å². The molecule has 2 aromatic carbocycles. The van der Waals surface area contributed by atoms with Gasteiger partial charge in [0.05, 0.1) is 30.7 Å². The van der Waals surface area contributed by atoms with Gasteiger partial charge in [0, 0.05) is 23.5 Å². The summed E-state index contributed by atoms with van der Waals surface area (Å²) in [6.07, 6.45) is 3.97. The molecule has 3 heterocycles. The van der Waals surface area contributed by atoms with E-state index in [1.807, 2.05) is 13.8 Å². The molecule has 0 amide bonds. The molecule has 2 aromatic heterocycles. The van der Waals surface area contributed by atoms with Gasteiger partial charge in [-0.2, -0.15) is 5.10 Å². The van der Waals surface area contributed by atoms with Crippen molar-refractivity contribution in [1.29, 1.82) is 0 Å². The maximum absolute atomic E-state index is 15.1. The molecule has 9 nitrogen and oxygen atoms in total. The molecule has 1 aliphatic rings. The number of sulfonamides is 1. The maximum Gasteiger partial charge on any atom is 0.270 e. The second kappa shape index (κ2) is 8.42. The lowest BCUT2D eigenvalue weighted by atomic mass is 9.80. The van der Waals surface area contributed by atoms with Crippen molar-refractivity contribution in [2.24, 2.45) is 0 Å². The van der Waals surface area contributed by atoms with E-state index in [1.54, 1.807) is 30.6 Å². The van der Waals surface area contributed by atoms with Crippen molar-refractivity contribution in [2.45, 2.75) is 37.1 Å². The molecule has 0 atom stereocenters. The van der Waals surface area contributed by atoms with Gasteiger partial charge in [-0.25, -0.2) is 12.8 Å². The molecule has 0 radical (unpaired) electrons. The van der Waals surface area contributed by atoms with E-state index in [4.69, 9.17) is 25.6 Å². The van der Waals surface area contributed by atoms with Gasteiger partial charge in [-0.15, -0.1) is 0 Å². The zero-order valence-corrected chi connectivity index (χ0v) is 20.7. The molecule has 1 N–H and O–H groups in total. The number of hydrogen-bond acceptors (Lipinski definition) is 7. The van der Waals surface area contributed by atoms with Gasteiger partial charge in [-0.1, -0.05) is 36.7 Å². The zero-order chi connectivity index (χ0) is 25.0. The van der Waals surface area contributed by atoms with Crippen LogP contribution in [0.25, 0.3) is 11.0 Å². The van der Waals surface area contributed by atoms with Gasteiger partial charge in [0.1, 0.15) is 17.3 Å². The van der Waals surface area contributed by atoms with E-state index in [9.17, 15) is 8.42 Å². The van der Waals surface area contributed by atoms with Gasteiger partial charge >= 0.3 is 0 Å². The number of halogens is 2. The average Bonchev–Trinajstić information content (AvgIpc) is 3.46. The lowest BCUT2D eigenvalue weighted by Crippen LogP contribution is -2.28. The number of methoxy groups -OCH3 is 1. The molecule has 0 spiro atoms. The Kier molecular flexibility index (Phi) is 5.64. The van der Waals surface area contributed by atoms with Crippen molar-refractivity contribution in [3.8, 4) is 11.5 Å². The molecule has 0 saturated carbocycles. The Bertz CT molecular complexity index is 1530. The summed E-state index contributed by atoms with van der Waals surface area (Å²) in [6, 6.07) is 6.50. The van der Waals surface area contributed by atoms with Gasteiger partial charge in [0.15, 0.2) is 16.3 Å². The van der Waals surface area contributed by atoms with Crippen LogP contribution in [0, 0.1) is 5.82 Å². The number of aromatic nitrogens is 3. The Morgan fingerprint density at radius 1 is 1.34 bits per heavy atom. The Morgan fingerprint density at radius 3 is 2.86 bits per heavy atom. The molecule has 0 bridgehead atoms. The van der Waals surface area contributed by atoms with E-state index < -0.39 is 15.8 Å². The molecule has 5 rings (SSSR count). The second-order valence-corrected chi connectivity index (χ2v) is 10.8. The summed E-state index contributed by atoms with van der Waals surface area (Å²) < 4.78 is 62.6. The molecule has 1 aliphatic heterocycles. The van der Waals surface area contributed by atoms with E-state index in [0.29, 0.717) is 6.61 Å². The summed E-state index contributed by atoms with van der Waals surface area (Å²) in [5.41, 5.74) is 0.770. The van der Waals surface area contributed by atoms with Crippen LogP contribution in [0.15, 0.2) is 46.1 Å². The molecular weight excluding hydrogens is 499 g/mol. The van der Waals surface area contributed by atoms with Crippen LogP contribution in [0.1, 0.15) is 31.4 Å². The summed E-state index contributed by atoms with van der Waals surface area (Å²) in [5, 5.41) is 7.56. The Labute approximate surface area is 205 Å². The Balaban J connectivity index is 1.59. The van der Waals surface area contributed by atoms with Crippen LogP contribution in [0.3, 0.4) is 0 Å². The normalized spacial score (nSPS) is 15.0. The standard InChI is InChI=1S/C23H22ClFN4O5S/c1-23(2)7-10-33-20-14(23)5-6-15(32-3)21(20)35(30,31)28-22-17-16(34-27-22)11-13(19(25)18(17)24)12-29-9-4-8-26-29/h4-6,8-9,11H,7,10,12H2,1-3H3,(H,27,28). The monoisotopic (exact) mass is 520 g/mol. The van der Waals surface area contributed by atoms with Crippen LogP contribution < -0.4 is 14.2 Å². The number of anilines is 1. The van der Waals surface area contributed by atoms with Crippen LogP contribution >= 0.6 is 11.6 Å². The Hall–Kier alpha value is -3.31. The van der Waals surface area contributed by atoms with Crippen LogP contribution in [-0.2, 0) is 22.0 Å². The van der Waals surface area contributed by atoms with Gasteiger partial charge < -0.3 is 14.0 Å². The van der Waals surface area contributed by atoms with E-state index in [1.165, 1.54) is 17.9 Å². The summed E-state index contributed by atoms with van der Waals surface area (Å²) in [5.74, 6) is -0.664. The van der Waals surface area contributed by atoms with Crippen molar-refractivity contribution >= 4 is 38.4 Å². The third kappa shape index (κ3) is 3.98. The maximum atomic E-state index is 15.1. The van der Waals surface area contributed by atoms with E-state index in [2.05, 4.69) is 15.0 Å². The molecular formula is C23H22ClFN4O5S. The fraction of sp³-hybridized carbons (Fsp3) is 0.304. The minimum Gasteiger partial charge on any atom is -0.495 e. The van der Waals surface area contributed by atoms with Gasteiger partial charge in [0.2, 0.25) is 0 Å². The molecule has 4 aromatic rings. The molecule has 0 saturated heterocycles. The first-order valence-electron chi connectivity index (χ1n) is 10.7. The molecule has 184 valence electrons. The van der Waals surface area contributed by atoms with Crippen LogP contribution in [0.5, 0.6) is 11.5 Å². The zero-order valence-electron chi connectivity index (χ0n) is 19.1. The highest BCUT2D eigenvalue weighted by Crippen LogP contribution is 2.46. The largest absolute Gasteiger partial charge is 0.495 e. The number of benzene rings is 2. The van der Waals surface area contributed by atoms with Crippen LogP contribution in [0.4, 0.5) is 10.2 Å². The fourth-order valence-electron chi connectivity index (χ4n) is 4.20. The lowest BCUT2D eigenvalue weighted by Gasteiger charge is -2.33. The molecule has 35 heavy (non-hydrogen) atoms. The minimum atomic E-state index is -4.31. The predicted octanol–water partition coefficient (Wildman–Crippen LogP) is 4.73. The van der Waals surface area contributed by atoms with Crippen LogP contribution in [0.2, 0.25) is 5.02 Å². The molecule has 0 fully saturated rings. The number of rotatable bonds is 6. The molecule has 12 heteroatoms. The number of ether oxygens (including phenoxy) is 2. The third-order valence-corrected chi connectivity index (χ3v) is 7.85. The summed E-state index contributed by atoms with van der Waals surface area (Å²) in [4.78, 5) is -0.173. The van der Waals surface area contributed by atoms with Gasteiger partial charge in [-0.05, 0) is 30.0 Å². The SMILES string of the molecule is COc1ccc2c(c1S(=O)(=O)Nc1noc3cc(Cn4cccn4)c(F)c(Cl)c13)OCCC2(C)C. The molecule has 0 aliphatic carbocycles. The van der Waals surface area contributed by atoms with E-state index in [0.717, 1.165) is 12.0 Å². The van der Waals surface area contributed by atoms with Crippen LogP contribution in [-0.4, -0.2) is 37.1 Å². The summed E-state index contributed by atoms with van der Waals surface area (Å²) >= 11 is 6.32. The first-order chi connectivity index (χ1) is 16.6. The smallest absolute Gasteiger partial charge is 0.270 e. The van der Waals surface area contributed by atoms with Crippen molar-refractivity contribution in [3.63, 3.8) is 0 Å². The van der Waals surface area contributed by atoms with Gasteiger partial charge in [0.25, 0.3) is 10.0 Å². The highest BCUT2D eigenvalue weighted by Gasteiger charge is 2.37. The molecule has 0 unspecified atom stereocenters. The third-order valence-electron chi connectivity index (χ3n) is 6.11. The summed E-state index contributed by atoms with van der Waals surface area (Å²) in [6.45, 7) is 4.48. The summed E-state index contributed by atoms with van der Waals surface area (Å²) in [7, 11) is -2.94. The van der Waals surface area contributed by atoms with Crippen molar-refractivity contribution < 1.29 is 26.8 Å². The minimum absolute atomic E-state index is 0.00182. The number of nitrogens with one attached hydrogen (secondary N) is 1. The fourth-order valence-corrected chi connectivity index (χ4v) is 5.83. The number of hydrogen-bond donors (Lipinski definition) is 1. The average molecular weight is 521 g/mol. The predicted molar refractivity (Wildman–Crippen MR) is 127 cm³/mol. The topological polar surface area (TPSA) is 108 Å². The van der Waals surface area contributed by atoms with E-state index in [-0.39, 0.29) is 55.7 Å². The quantitative estimate of drug-likeness (QED) is 0.391. The highest BCUT2D eigenvalue weighted by molar-refractivity contribution is 7.93. The first-order valence-corrected chi connectivity index (χ1v) is 12.6. The second-order valence-electron chi connectivity index (χ2n) is 8.83. The number of nitrogens with zero attached hydrogens (tertiary/aromatic N) is 3. The lowest BCUT2D eigenvalue weighted by molar-refractivity contribution is 0.225. The first kappa shape index (κ1) is 23.4. The van der Waals surface area contributed by atoms with E-state index >= 15 is 4.39 Å². The van der Waals surface area contributed by atoms with Crippen molar-refractivity contribution in [2.75, 3.05) is 18.4 Å². The van der Waals surface area contributed by atoms with Crippen molar-refractivity contribution in [3.05, 3.63) is 58.6 Å². The Morgan fingerprint density at radius 2 is 2.14 bits per heavy atom. The highest BCUT2D eigenvalue weighted by atomic mass is 35.5. The number of fused-ring (bicyclic) bond motifs is 2.